The Morgan fingerprint density at radius 1 is 1.41 bits per heavy atom. The molecule has 7 heteroatoms. The molecule has 0 fully saturated rings. The Balaban J connectivity index is 1.70. The van der Waals surface area contributed by atoms with Gasteiger partial charge >= 0.3 is 0 Å². The highest BCUT2D eigenvalue weighted by atomic mass is 35.5. The number of aromatic nitrogens is 3. The molecule has 2 aromatic heterocycles. The molecule has 5 nitrogen and oxygen atoms in total. The fourth-order valence-electron chi connectivity index (χ4n) is 1.95. The maximum atomic E-state index is 12.1. The highest BCUT2D eigenvalue weighted by molar-refractivity contribution is 7.13. The first-order chi connectivity index (χ1) is 10.6. The third kappa shape index (κ3) is 3.35. The van der Waals surface area contributed by atoms with Crippen LogP contribution < -0.4 is 5.32 Å². The van der Waals surface area contributed by atoms with Crippen molar-refractivity contribution in [1.29, 1.82) is 0 Å². The smallest absolute Gasteiger partial charge is 0.260 e. The first-order valence-electron chi connectivity index (χ1n) is 6.61. The molecule has 2 heterocycles. The molecule has 3 aromatic rings. The summed E-state index contributed by atoms with van der Waals surface area (Å²) in [6.07, 6.45) is 3.23. The monoisotopic (exact) mass is 332 g/mol. The maximum Gasteiger partial charge on any atom is 0.260 e. The van der Waals surface area contributed by atoms with Gasteiger partial charge in [-0.1, -0.05) is 29.8 Å². The van der Waals surface area contributed by atoms with E-state index in [1.807, 2.05) is 36.6 Å². The summed E-state index contributed by atoms with van der Waals surface area (Å²) in [5, 5.41) is 10.1. The molecule has 0 aliphatic carbocycles. The van der Waals surface area contributed by atoms with Crippen LogP contribution in [0.2, 0.25) is 5.02 Å². The van der Waals surface area contributed by atoms with Gasteiger partial charge in [0.2, 0.25) is 0 Å². The van der Waals surface area contributed by atoms with E-state index in [9.17, 15) is 4.79 Å². The fraction of sp³-hybridized carbons (Fsp3) is 0.133. The van der Waals surface area contributed by atoms with Gasteiger partial charge in [0, 0.05) is 16.6 Å². The van der Waals surface area contributed by atoms with Crippen molar-refractivity contribution >= 4 is 34.0 Å². The van der Waals surface area contributed by atoms with E-state index >= 15 is 0 Å². The number of anilines is 1. The molecule has 0 aliphatic rings. The van der Waals surface area contributed by atoms with Crippen molar-refractivity contribution in [3.05, 3.63) is 63.9 Å². The van der Waals surface area contributed by atoms with Crippen molar-refractivity contribution in [2.24, 2.45) is 0 Å². The predicted octanol–water partition coefficient (Wildman–Crippen LogP) is 3.60. The molecule has 0 unspecified atom stereocenters. The van der Waals surface area contributed by atoms with Crippen LogP contribution in [0, 0.1) is 6.92 Å². The summed E-state index contributed by atoms with van der Waals surface area (Å²) < 4.78 is 1.68. The summed E-state index contributed by atoms with van der Waals surface area (Å²) in [7, 11) is 0. The zero-order valence-corrected chi connectivity index (χ0v) is 13.4. The largest absolute Gasteiger partial charge is 0.298 e. The van der Waals surface area contributed by atoms with Gasteiger partial charge in [-0.25, -0.2) is 4.98 Å². The molecule has 112 valence electrons. The van der Waals surface area contributed by atoms with Crippen molar-refractivity contribution in [3.8, 4) is 0 Å². The predicted molar refractivity (Wildman–Crippen MR) is 87.6 cm³/mol. The SMILES string of the molecule is Cc1csc(NC(=O)c2cnn(Cc3ccccc3Cl)c2)n1. The third-order valence-corrected chi connectivity index (χ3v) is 4.27. The van der Waals surface area contributed by atoms with Gasteiger partial charge in [-0.05, 0) is 18.6 Å². The Morgan fingerprint density at radius 3 is 2.95 bits per heavy atom. The number of hydrogen-bond acceptors (Lipinski definition) is 4. The van der Waals surface area contributed by atoms with Crippen LogP contribution in [0.4, 0.5) is 5.13 Å². The van der Waals surface area contributed by atoms with Gasteiger partial charge in [0.05, 0.1) is 24.0 Å². The van der Waals surface area contributed by atoms with Gasteiger partial charge in [-0.2, -0.15) is 5.10 Å². The van der Waals surface area contributed by atoms with Crippen LogP contribution in [0.3, 0.4) is 0 Å². The zero-order valence-electron chi connectivity index (χ0n) is 11.8. The number of carbonyl (C=O) groups excluding carboxylic acids is 1. The third-order valence-electron chi connectivity index (χ3n) is 3.03. The van der Waals surface area contributed by atoms with Gasteiger partial charge in [0.15, 0.2) is 5.13 Å². The van der Waals surface area contributed by atoms with Crippen LogP contribution in [-0.4, -0.2) is 20.7 Å². The van der Waals surface area contributed by atoms with Gasteiger partial charge in [-0.3, -0.25) is 14.8 Å². The van der Waals surface area contributed by atoms with Crippen molar-refractivity contribution in [2.75, 3.05) is 5.32 Å². The maximum absolute atomic E-state index is 12.1. The number of aryl methyl sites for hydroxylation is 1. The van der Waals surface area contributed by atoms with E-state index in [4.69, 9.17) is 11.6 Å². The minimum Gasteiger partial charge on any atom is -0.298 e. The Morgan fingerprint density at radius 2 is 2.23 bits per heavy atom. The van der Waals surface area contributed by atoms with Crippen molar-refractivity contribution < 1.29 is 4.79 Å². The second-order valence-corrected chi connectivity index (χ2v) is 6.03. The van der Waals surface area contributed by atoms with E-state index in [0.29, 0.717) is 22.3 Å². The molecule has 1 amide bonds. The lowest BCUT2D eigenvalue weighted by atomic mass is 10.2. The Hall–Kier alpha value is -2.18. The number of rotatable bonds is 4. The van der Waals surface area contributed by atoms with Gasteiger partial charge in [0.25, 0.3) is 5.91 Å². The Labute approximate surface area is 136 Å². The molecule has 0 spiro atoms. The van der Waals surface area contributed by atoms with Gasteiger partial charge < -0.3 is 0 Å². The normalized spacial score (nSPS) is 10.6. The summed E-state index contributed by atoms with van der Waals surface area (Å²) in [6, 6.07) is 7.56. The second kappa shape index (κ2) is 6.29. The number of thiazole rings is 1. The second-order valence-electron chi connectivity index (χ2n) is 4.77. The lowest BCUT2D eigenvalue weighted by Gasteiger charge is -2.03. The summed E-state index contributed by atoms with van der Waals surface area (Å²) in [5.41, 5.74) is 2.32. The molecule has 1 aromatic carbocycles. The minimum absolute atomic E-state index is 0.222. The van der Waals surface area contributed by atoms with Crippen LogP contribution in [0.15, 0.2) is 42.0 Å². The van der Waals surface area contributed by atoms with Crippen LogP contribution >= 0.6 is 22.9 Å². The quantitative estimate of drug-likeness (QED) is 0.794. The number of benzene rings is 1. The molecule has 0 saturated carbocycles. The molecule has 22 heavy (non-hydrogen) atoms. The number of nitrogens with zero attached hydrogens (tertiary/aromatic N) is 3. The summed E-state index contributed by atoms with van der Waals surface area (Å²) >= 11 is 7.52. The average Bonchev–Trinajstić information content (AvgIpc) is 3.11. The molecule has 0 bridgehead atoms. The molecular weight excluding hydrogens is 320 g/mol. The van der Waals surface area contributed by atoms with Crippen molar-refractivity contribution in [2.45, 2.75) is 13.5 Å². The number of nitrogens with one attached hydrogen (secondary N) is 1. The van der Waals surface area contributed by atoms with Gasteiger partial charge in [-0.15, -0.1) is 11.3 Å². The highest BCUT2D eigenvalue weighted by Gasteiger charge is 2.11. The summed E-state index contributed by atoms with van der Waals surface area (Å²) in [6.45, 7) is 2.40. The summed E-state index contributed by atoms with van der Waals surface area (Å²) in [5.74, 6) is -0.222. The van der Waals surface area contributed by atoms with Crippen LogP contribution in [0.5, 0.6) is 0 Å². The van der Waals surface area contributed by atoms with E-state index in [1.54, 1.807) is 10.9 Å². The standard InChI is InChI=1S/C15H13ClN4OS/c1-10-9-22-15(18-10)19-14(21)12-6-17-20(8-12)7-11-4-2-3-5-13(11)16/h2-6,8-9H,7H2,1H3,(H,18,19,21). The molecule has 1 N–H and O–H groups in total. The molecule has 3 rings (SSSR count). The molecule has 0 aliphatic heterocycles. The summed E-state index contributed by atoms with van der Waals surface area (Å²) in [4.78, 5) is 16.3. The first-order valence-corrected chi connectivity index (χ1v) is 7.87. The average molecular weight is 333 g/mol. The number of hydrogen-bond donors (Lipinski definition) is 1. The Bertz CT molecular complexity index is 811. The number of halogens is 1. The van der Waals surface area contributed by atoms with Crippen LogP contribution in [-0.2, 0) is 6.54 Å². The lowest BCUT2D eigenvalue weighted by molar-refractivity contribution is 0.102. The van der Waals surface area contributed by atoms with Crippen LogP contribution in [0.1, 0.15) is 21.6 Å². The van der Waals surface area contributed by atoms with E-state index < -0.39 is 0 Å². The van der Waals surface area contributed by atoms with Crippen molar-refractivity contribution in [1.82, 2.24) is 14.8 Å². The lowest BCUT2D eigenvalue weighted by Crippen LogP contribution is -2.11. The van der Waals surface area contributed by atoms with Crippen molar-refractivity contribution in [3.63, 3.8) is 0 Å². The molecule has 0 radical (unpaired) electrons. The Kier molecular flexibility index (Phi) is 4.22. The molecular formula is C15H13ClN4OS. The van der Waals surface area contributed by atoms with E-state index in [-0.39, 0.29) is 5.91 Å². The minimum atomic E-state index is -0.222. The van der Waals surface area contributed by atoms with Crippen LogP contribution in [0.25, 0.3) is 0 Å². The first kappa shape index (κ1) is 14.7. The van der Waals surface area contributed by atoms with E-state index in [1.165, 1.54) is 17.5 Å². The zero-order chi connectivity index (χ0) is 15.5. The van der Waals surface area contributed by atoms with Gasteiger partial charge in [0.1, 0.15) is 0 Å². The highest BCUT2D eigenvalue weighted by Crippen LogP contribution is 2.17. The molecule has 0 atom stereocenters. The number of amides is 1. The number of carbonyl (C=O) groups is 1. The van der Waals surface area contributed by atoms with E-state index in [0.717, 1.165) is 11.3 Å². The van der Waals surface area contributed by atoms with E-state index in [2.05, 4.69) is 15.4 Å². The fourth-order valence-corrected chi connectivity index (χ4v) is 2.83. The topological polar surface area (TPSA) is 59.8 Å². The molecule has 0 saturated heterocycles.